The molecule has 0 aliphatic rings. The van der Waals surface area contributed by atoms with E-state index in [0.29, 0.717) is 30.9 Å². The zero-order valence-electron chi connectivity index (χ0n) is 12.2. The Balaban J connectivity index is 1.82. The molecule has 2 N–H and O–H groups in total. The summed E-state index contributed by atoms with van der Waals surface area (Å²) in [5, 5.41) is 14.4. The highest BCUT2D eigenvalue weighted by atomic mass is 16.4. The van der Waals surface area contributed by atoms with Crippen LogP contribution in [0.1, 0.15) is 30.9 Å². The molecule has 108 valence electrons. The van der Waals surface area contributed by atoms with Crippen molar-refractivity contribution in [3.63, 3.8) is 0 Å². The number of hydrogen-bond acceptors (Lipinski definition) is 6. The Morgan fingerprint density at radius 2 is 2.10 bits per heavy atom. The number of hydrogen-bond donors (Lipinski definition) is 2. The molecule has 0 bridgehead atoms. The van der Waals surface area contributed by atoms with E-state index >= 15 is 0 Å². The van der Waals surface area contributed by atoms with Crippen molar-refractivity contribution in [2.24, 2.45) is 5.92 Å². The summed E-state index contributed by atoms with van der Waals surface area (Å²) >= 11 is 0. The van der Waals surface area contributed by atoms with Gasteiger partial charge in [-0.15, -0.1) is 5.10 Å². The summed E-state index contributed by atoms with van der Waals surface area (Å²) in [4.78, 5) is 4.06. The first-order valence-corrected chi connectivity index (χ1v) is 6.81. The Hall–Kier alpha value is -1.95. The van der Waals surface area contributed by atoms with Crippen LogP contribution in [0.25, 0.3) is 0 Å². The summed E-state index contributed by atoms with van der Waals surface area (Å²) in [6.45, 7) is 8.52. The van der Waals surface area contributed by atoms with E-state index in [9.17, 15) is 0 Å². The predicted molar refractivity (Wildman–Crippen MR) is 77.1 cm³/mol. The molecule has 0 atom stereocenters. The molecule has 2 heterocycles. The predicted octanol–water partition coefficient (Wildman–Crippen LogP) is 2.13. The lowest BCUT2D eigenvalue weighted by atomic mass is 10.2. The van der Waals surface area contributed by atoms with Crippen LogP contribution in [0.5, 0.6) is 0 Å². The molecule has 0 radical (unpaired) electrons. The van der Waals surface area contributed by atoms with Gasteiger partial charge in [0.2, 0.25) is 5.89 Å². The van der Waals surface area contributed by atoms with E-state index in [1.165, 1.54) is 0 Å². The van der Waals surface area contributed by atoms with Crippen molar-refractivity contribution in [3.05, 3.63) is 35.5 Å². The third-order valence-corrected chi connectivity index (χ3v) is 2.86. The van der Waals surface area contributed by atoms with Gasteiger partial charge >= 0.3 is 6.01 Å². The van der Waals surface area contributed by atoms with Crippen LogP contribution in [-0.4, -0.2) is 21.7 Å². The van der Waals surface area contributed by atoms with Crippen LogP contribution in [-0.2, 0) is 13.1 Å². The molecule has 2 aromatic rings. The first kappa shape index (κ1) is 14.5. The Morgan fingerprint density at radius 1 is 1.25 bits per heavy atom. The Bertz CT molecular complexity index is 538. The molecule has 6 heteroatoms. The van der Waals surface area contributed by atoms with Crippen LogP contribution in [0.2, 0.25) is 0 Å². The highest BCUT2D eigenvalue weighted by Crippen LogP contribution is 2.10. The second kappa shape index (κ2) is 7.00. The van der Waals surface area contributed by atoms with E-state index in [1.807, 2.05) is 19.2 Å². The van der Waals surface area contributed by atoms with Gasteiger partial charge in [0.25, 0.3) is 0 Å². The number of pyridine rings is 1. The minimum Gasteiger partial charge on any atom is -0.407 e. The van der Waals surface area contributed by atoms with Gasteiger partial charge in [-0.3, -0.25) is 4.98 Å². The maximum Gasteiger partial charge on any atom is 0.315 e. The largest absolute Gasteiger partial charge is 0.407 e. The smallest absolute Gasteiger partial charge is 0.315 e. The Labute approximate surface area is 119 Å². The molecule has 0 spiro atoms. The molecule has 0 unspecified atom stereocenters. The summed E-state index contributed by atoms with van der Waals surface area (Å²) in [6, 6.07) is 2.42. The van der Waals surface area contributed by atoms with Gasteiger partial charge in [-0.25, -0.2) is 0 Å². The van der Waals surface area contributed by atoms with Crippen LogP contribution in [0.15, 0.2) is 22.9 Å². The SMILES string of the molecule is Cc1cnccc1CNc1nnc(CNCC(C)C)o1. The van der Waals surface area contributed by atoms with Gasteiger partial charge < -0.3 is 15.1 Å². The lowest BCUT2D eigenvalue weighted by molar-refractivity contribution is 0.458. The minimum absolute atomic E-state index is 0.447. The summed E-state index contributed by atoms with van der Waals surface area (Å²) in [6.07, 6.45) is 3.62. The quantitative estimate of drug-likeness (QED) is 0.806. The summed E-state index contributed by atoms with van der Waals surface area (Å²) in [5.74, 6) is 1.20. The lowest BCUT2D eigenvalue weighted by Crippen LogP contribution is -2.19. The Morgan fingerprint density at radius 3 is 2.85 bits per heavy atom. The normalized spacial score (nSPS) is 11.0. The number of nitrogens with one attached hydrogen (secondary N) is 2. The second-order valence-corrected chi connectivity index (χ2v) is 5.18. The first-order valence-electron chi connectivity index (χ1n) is 6.81. The number of nitrogens with zero attached hydrogens (tertiary/aromatic N) is 3. The molecule has 0 fully saturated rings. The van der Waals surface area contributed by atoms with Crippen LogP contribution in [0.4, 0.5) is 6.01 Å². The first-order chi connectivity index (χ1) is 9.65. The van der Waals surface area contributed by atoms with Crippen molar-refractivity contribution in [2.45, 2.75) is 33.9 Å². The number of aryl methyl sites for hydroxylation is 1. The van der Waals surface area contributed by atoms with E-state index in [4.69, 9.17) is 4.42 Å². The van der Waals surface area contributed by atoms with Crippen molar-refractivity contribution in [3.8, 4) is 0 Å². The van der Waals surface area contributed by atoms with Crippen LogP contribution >= 0.6 is 0 Å². The Kier molecular flexibility index (Phi) is 5.06. The fourth-order valence-corrected chi connectivity index (χ4v) is 1.74. The zero-order valence-corrected chi connectivity index (χ0v) is 12.2. The third kappa shape index (κ3) is 4.31. The molecule has 6 nitrogen and oxygen atoms in total. The van der Waals surface area contributed by atoms with Gasteiger partial charge in [0, 0.05) is 18.9 Å². The van der Waals surface area contributed by atoms with Gasteiger partial charge in [-0.1, -0.05) is 18.9 Å². The maximum atomic E-state index is 5.52. The van der Waals surface area contributed by atoms with Gasteiger partial charge in [0.15, 0.2) is 0 Å². The van der Waals surface area contributed by atoms with E-state index in [0.717, 1.165) is 17.7 Å². The van der Waals surface area contributed by atoms with Gasteiger partial charge in [0.1, 0.15) is 0 Å². The molecule has 0 saturated heterocycles. The molecule has 0 aliphatic heterocycles. The molecule has 0 aromatic carbocycles. The monoisotopic (exact) mass is 275 g/mol. The lowest BCUT2D eigenvalue weighted by Gasteiger charge is -2.05. The average Bonchev–Trinajstić information content (AvgIpc) is 2.85. The van der Waals surface area contributed by atoms with E-state index in [-0.39, 0.29) is 0 Å². The van der Waals surface area contributed by atoms with Crippen molar-refractivity contribution in [1.82, 2.24) is 20.5 Å². The molecule has 2 aromatic heterocycles. The maximum absolute atomic E-state index is 5.52. The molecular weight excluding hydrogens is 254 g/mol. The molecule has 2 rings (SSSR count). The van der Waals surface area contributed by atoms with Gasteiger partial charge in [-0.2, -0.15) is 0 Å². The van der Waals surface area contributed by atoms with Gasteiger partial charge in [-0.05, 0) is 36.6 Å². The summed E-state index contributed by atoms with van der Waals surface area (Å²) in [5.41, 5.74) is 2.30. The summed E-state index contributed by atoms with van der Waals surface area (Å²) < 4.78 is 5.52. The standard InChI is InChI=1S/C14H21N5O/c1-10(2)6-16-9-13-18-19-14(20-13)17-8-12-4-5-15-7-11(12)3/h4-5,7,10,16H,6,8-9H2,1-3H3,(H,17,19). The molecule has 0 aliphatic carbocycles. The highest BCUT2D eigenvalue weighted by Gasteiger charge is 2.06. The van der Waals surface area contributed by atoms with Crippen LogP contribution < -0.4 is 10.6 Å². The highest BCUT2D eigenvalue weighted by molar-refractivity contribution is 5.27. The van der Waals surface area contributed by atoms with Crippen molar-refractivity contribution >= 4 is 6.01 Å². The van der Waals surface area contributed by atoms with E-state index in [2.05, 4.69) is 39.7 Å². The van der Waals surface area contributed by atoms with Crippen LogP contribution in [0.3, 0.4) is 0 Å². The molecule has 0 amide bonds. The van der Waals surface area contributed by atoms with Crippen molar-refractivity contribution in [1.29, 1.82) is 0 Å². The average molecular weight is 275 g/mol. The van der Waals surface area contributed by atoms with E-state index < -0.39 is 0 Å². The molecule has 0 saturated carbocycles. The van der Waals surface area contributed by atoms with Crippen LogP contribution in [0, 0.1) is 12.8 Å². The topological polar surface area (TPSA) is 75.9 Å². The fraction of sp³-hybridized carbons (Fsp3) is 0.500. The third-order valence-electron chi connectivity index (χ3n) is 2.86. The molecule has 20 heavy (non-hydrogen) atoms. The van der Waals surface area contributed by atoms with Crippen molar-refractivity contribution in [2.75, 3.05) is 11.9 Å². The van der Waals surface area contributed by atoms with E-state index in [1.54, 1.807) is 6.20 Å². The zero-order chi connectivity index (χ0) is 14.4. The van der Waals surface area contributed by atoms with Gasteiger partial charge in [0.05, 0.1) is 6.54 Å². The number of rotatable bonds is 7. The summed E-state index contributed by atoms with van der Waals surface area (Å²) in [7, 11) is 0. The fourth-order valence-electron chi connectivity index (χ4n) is 1.74. The molecular formula is C14H21N5O. The second-order valence-electron chi connectivity index (χ2n) is 5.18. The van der Waals surface area contributed by atoms with Crippen molar-refractivity contribution < 1.29 is 4.42 Å². The number of aromatic nitrogens is 3. The minimum atomic E-state index is 0.447. The number of anilines is 1.